The number of carbonyl (C=O) groups is 2. The van der Waals surface area contributed by atoms with Crippen molar-refractivity contribution in [1.82, 2.24) is 20.0 Å². The Morgan fingerprint density at radius 3 is 2.07 bits per heavy atom. The molecule has 0 radical (unpaired) electrons. The maximum absolute atomic E-state index is 12.5. The third-order valence-electron chi connectivity index (χ3n) is 4.75. The summed E-state index contributed by atoms with van der Waals surface area (Å²) in [6, 6.07) is 11.6. The molecule has 1 aromatic heterocycles. The molecule has 142 valence electrons. The molecule has 1 aliphatic rings. The van der Waals surface area contributed by atoms with Crippen molar-refractivity contribution in [2.24, 2.45) is 0 Å². The van der Waals surface area contributed by atoms with E-state index in [0.717, 1.165) is 5.69 Å². The number of rotatable bonds is 4. The van der Waals surface area contributed by atoms with Crippen LogP contribution in [0.5, 0.6) is 0 Å². The van der Waals surface area contributed by atoms with Crippen LogP contribution in [0.25, 0.3) is 0 Å². The predicted octanol–water partition coefficient (Wildman–Crippen LogP) is 2.65. The van der Waals surface area contributed by atoms with E-state index in [0.29, 0.717) is 43.6 Å². The zero-order chi connectivity index (χ0) is 19.4. The normalized spacial score (nSPS) is 14.4. The second-order valence-corrected chi connectivity index (χ2v) is 7.00. The van der Waals surface area contributed by atoms with Crippen molar-refractivity contribution < 1.29 is 9.59 Å². The number of nitrogens with one attached hydrogen (secondary N) is 1. The van der Waals surface area contributed by atoms with Crippen molar-refractivity contribution in [2.75, 3.05) is 31.5 Å². The summed E-state index contributed by atoms with van der Waals surface area (Å²) in [4.78, 5) is 27.4. The first-order valence-electron chi connectivity index (χ1n) is 9.19. The minimum Gasteiger partial charge on any atom is -0.339 e. The third kappa shape index (κ3) is 4.61. The number of benzene rings is 1. The molecule has 7 heteroatoms. The minimum absolute atomic E-state index is 0.0405. The molecule has 1 aliphatic heterocycles. The lowest BCUT2D eigenvalue weighted by Crippen LogP contribution is -2.50. The highest BCUT2D eigenvalue weighted by Crippen LogP contribution is 2.19. The second-order valence-electron chi connectivity index (χ2n) is 7.00. The molecule has 2 aromatic rings. The molecule has 0 unspecified atom stereocenters. The smallest absolute Gasteiger partial charge is 0.274 e. The van der Waals surface area contributed by atoms with Gasteiger partial charge in [0.1, 0.15) is 0 Å². The summed E-state index contributed by atoms with van der Waals surface area (Å²) < 4.78 is 0. The first-order chi connectivity index (χ1) is 12.9. The fourth-order valence-electron chi connectivity index (χ4n) is 3.00. The number of nitrogens with zero attached hydrogens (tertiary/aromatic N) is 4. The van der Waals surface area contributed by atoms with Crippen LogP contribution in [-0.2, 0) is 4.79 Å². The van der Waals surface area contributed by atoms with Gasteiger partial charge in [0.25, 0.3) is 5.91 Å². The summed E-state index contributed by atoms with van der Waals surface area (Å²) in [6.45, 7) is 8.00. The van der Waals surface area contributed by atoms with E-state index in [9.17, 15) is 9.59 Å². The van der Waals surface area contributed by atoms with Crippen molar-refractivity contribution in [2.45, 2.75) is 26.7 Å². The molecular weight excluding hydrogens is 342 g/mol. The summed E-state index contributed by atoms with van der Waals surface area (Å²) >= 11 is 0. The Bertz CT molecular complexity index is 794. The Morgan fingerprint density at radius 2 is 1.56 bits per heavy atom. The number of aromatic nitrogens is 2. The second kappa shape index (κ2) is 8.16. The monoisotopic (exact) mass is 367 g/mol. The van der Waals surface area contributed by atoms with Crippen molar-refractivity contribution >= 4 is 23.3 Å². The van der Waals surface area contributed by atoms with Gasteiger partial charge in [0.15, 0.2) is 11.5 Å². The topological polar surface area (TPSA) is 78.4 Å². The molecule has 27 heavy (non-hydrogen) atoms. The van der Waals surface area contributed by atoms with E-state index in [1.54, 1.807) is 28.9 Å². The highest BCUT2D eigenvalue weighted by atomic mass is 16.2. The summed E-state index contributed by atoms with van der Waals surface area (Å²) in [5, 5.41) is 11.4. The van der Waals surface area contributed by atoms with Crippen LogP contribution >= 0.6 is 0 Å². The van der Waals surface area contributed by atoms with Gasteiger partial charge in [0.05, 0.1) is 0 Å². The van der Waals surface area contributed by atoms with E-state index < -0.39 is 0 Å². The zero-order valence-corrected chi connectivity index (χ0v) is 16.0. The van der Waals surface area contributed by atoms with Crippen LogP contribution in [0.3, 0.4) is 0 Å². The summed E-state index contributed by atoms with van der Waals surface area (Å²) in [6.07, 6.45) is 0. The number of anilines is 2. The van der Waals surface area contributed by atoms with Gasteiger partial charge in [-0.1, -0.05) is 26.0 Å². The van der Waals surface area contributed by atoms with Crippen LogP contribution in [0.2, 0.25) is 0 Å². The highest BCUT2D eigenvalue weighted by molar-refractivity contribution is 5.92. The van der Waals surface area contributed by atoms with Crippen LogP contribution in [0.4, 0.5) is 11.5 Å². The molecule has 1 fully saturated rings. The lowest BCUT2D eigenvalue weighted by Gasteiger charge is -2.33. The Hall–Kier alpha value is -2.96. The van der Waals surface area contributed by atoms with E-state index in [1.807, 2.05) is 12.1 Å². The van der Waals surface area contributed by atoms with E-state index in [4.69, 9.17) is 0 Å². The van der Waals surface area contributed by atoms with Crippen LogP contribution in [0.1, 0.15) is 42.7 Å². The number of hydrogen-bond acceptors (Lipinski definition) is 5. The van der Waals surface area contributed by atoms with Gasteiger partial charge in [-0.15, -0.1) is 10.2 Å². The van der Waals surface area contributed by atoms with Crippen LogP contribution in [0, 0.1) is 0 Å². The third-order valence-corrected chi connectivity index (χ3v) is 4.75. The fraction of sp³-hybridized carbons (Fsp3) is 0.400. The molecule has 0 spiro atoms. The van der Waals surface area contributed by atoms with Crippen LogP contribution < -0.4 is 5.32 Å². The molecule has 7 nitrogen and oxygen atoms in total. The molecule has 2 heterocycles. The van der Waals surface area contributed by atoms with Gasteiger partial charge < -0.3 is 15.1 Å². The number of amides is 2. The van der Waals surface area contributed by atoms with Crippen LogP contribution in [-0.4, -0.2) is 58.0 Å². The lowest BCUT2D eigenvalue weighted by molar-refractivity contribution is -0.130. The standard InChI is InChI=1S/C20H25N5O2/c1-14(2)16-4-6-17(7-5-16)21-19-9-8-18(22-23-19)20(27)25-12-10-24(11-13-25)15(3)26/h4-9,14H,10-13H2,1-3H3,(H,21,23). The van der Waals surface area contributed by atoms with E-state index >= 15 is 0 Å². The van der Waals surface area contributed by atoms with Gasteiger partial charge in [-0.25, -0.2) is 0 Å². The Kier molecular flexibility index (Phi) is 5.69. The average molecular weight is 367 g/mol. The average Bonchev–Trinajstić information content (AvgIpc) is 2.68. The van der Waals surface area contributed by atoms with Gasteiger partial charge in [-0.3, -0.25) is 9.59 Å². The molecule has 0 atom stereocenters. The minimum atomic E-state index is -0.154. The van der Waals surface area contributed by atoms with Gasteiger partial charge in [0, 0.05) is 38.8 Å². The first-order valence-corrected chi connectivity index (χ1v) is 9.19. The van der Waals surface area contributed by atoms with Crippen molar-refractivity contribution in [3.8, 4) is 0 Å². The SMILES string of the molecule is CC(=O)N1CCN(C(=O)c2ccc(Nc3ccc(C(C)C)cc3)nn2)CC1. The van der Waals surface area contributed by atoms with E-state index in [2.05, 4.69) is 41.5 Å². The fourth-order valence-corrected chi connectivity index (χ4v) is 3.00. The van der Waals surface area contributed by atoms with Crippen molar-refractivity contribution in [3.05, 3.63) is 47.7 Å². The lowest BCUT2D eigenvalue weighted by atomic mass is 10.0. The van der Waals surface area contributed by atoms with E-state index in [1.165, 1.54) is 5.56 Å². The molecule has 1 aromatic carbocycles. The largest absolute Gasteiger partial charge is 0.339 e. The highest BCUT2D eigenvalue weighted by Gasteiger charge is 2.24. The Labute approximate surface area is 159 Å². The van der Waals surface area contributed by atoms with Crippen molar-refractivity contribution in [1.29, 1.82) is 0 Å². The summed E-state index contributed by atoms with van der Waals surface area (Å²) in [5.74, 6) is 0.962. The molecule has 0 aliphatic carbocycles. The Morgan fingerprint density at radius 1 is 0.926 bits per heavy atom. The first kappa shape index (κ1) is 18.8. The molecule has 1 saturated heterocycles. The molecule has 3 rings (SSSR count). The molecular formula is C20H25N5O2. The van der Waals surface area contributed by atoms with E-state index in [-0.39, 0.29) is 11.8 Å². The van der Waals surface area contributed by atoms with Gasteiger partial charge >= 0.3 is 0 Å². The Balaban J connectivity index is 1.60. The molecule has 0 bridgehead atoms. The van der Waals surface area contributed by atoms with Crippen LogP contribution in [0.15, 0.2) is 36.4 Å². The zero-order valence-electron chi connectivity index (χ0n) is 16.0. The van der Waals surface area contributed by atoms with Crippen molar-refractivity contribution in [3.63, 3.8) is 0 Å². The number of carbonyl (C=O) groups excluding carboxylic acids is 2. The summed E-state index contributed by atoms with van der Waals surface area (Å²) in [5.41, 5.74) is 2.51. The summed E-state index contributed by atoms with van der Waals surface area (Å²) in [7, 11) is 0. The number of hydrogen-bond donors (Lipinski definition) is 1. The van der Waals surface area contributed by atoms with Gasteiger partial charge in [-0.2, -0.15) is 0 Å². The van der Waals surface area contributed by atoms with Gasteiger partial charge in [0.2, 0.25) is 5.91 Å². The number of piperazine rings is 1. The molecule has 2 amide bonds. The maximum atomic E-state index is 12.5. The molecule has 1 N–H and O–H groups in total. The van der Waals surface area contributed by atoms with Gasteiger partial charge in [-0.05, 0) is 35.7 Å². The quantitative estimate of drug-likeness (QED) is 0.899. The molecule has 0 saturated carbocycles. The predicted molar refractivity (Wildman–Crippen MR) is 104 cm³/mol. The maximum Gasteiger partial charge on any atom is 0.274 e.